The van der Waals surface area contributed by atoms with Crippen molar-refractivity contribution in [2.75, 3.05) is 15.9 Å². The van der Waals surface area contributed by atoms with Gasteiger partial charge in [-0.05, 0) is 53.2 Å². The second-order valence-electron chi connectivity index (χ2n) is 5.19. The number of halogens is 2. The van der Waals surface area contributed by atoms with Crippen LogP contribution in [0.15, 0.2) is 53.0 Å². The largest absolute Gasteiger partial charge is 0.324 e. The second kappa shape index (κ2) is 7.55. The molecule has 1 N–H and O–H groups in total. The molecule has 0 unspecified atom stereocenters. The number of carbonyl (C=O) groups excluding carboxylic acids is 1. The van der Waals surface area contributed by atoms with E-state index >= 15 is 0 Å². The Balaban J connectivity index is 2.27. The zero-order valence-electron chi connectivity index (χ0n) is 13.0. The van der Waals surface area contributed by atoms with Crippen LogP contribution >= 0.6 is 27.5 Å². The zero-order valence-corrected chi connectivity index (χ0v) is 16.2. The Labute approximate surface area is 154 Å². The van der Waals surface area contributed by atoms with Crippen molar-refractivity contribution in [3.63, 3.8) is 0 Å². The van der Waals surface area contributed by atoms with E-state index in [9.17, 15) is 13.2 Å². The van der Waals surface area contributed by atoms with Crippen molar-refractivity contribution in [2.24, 2.45) is 0 Å². The molecule has 0 aliphatic rings. The number of sulfonamides is 1. The minimum absolute atomic E-state index is 0.427. The summed E-state index contributed by atoms with van der Waals surface area (Å²) in [7, 11) is -3.63. The molecule has 0 spiro atoms. The number of nitrogens with zero attached hydrogens (tertiary/aromatic N) is 1. The van der Waals surface area contributed by atoms with Gasteiger partial charge in [-0.1, -0.05) is 29.8 Å². The lowest BCUT2D eigenvalue weighted by Crippen LogP contribution is -2.45. The maximum absolute atomic E-state index is 12.5. The third-order valence-electron chi connectivity index (χ3n) is 3.29. The Morgan fingerprint density at radius 3 is 2.38 bits per heavy atom. The highest BCUT2D eigenvalue weighted by atomic mass is 79.9. The predicted octanol–water partition coefficient (Wildman–Crippen LogP) is 3.90. The number of rotatable bonds is 5. The molecule has 0 radical (unpaired) electrons. The minimum Gasteiger partial charge on any atom is -0.324 e. The standard InChI is InChI=1S/C16H16BrClN2O3S/c1-11(16(21)19-12-8-9-14(17)15(18)10-12)20(24(2,22)23)13-6-4-3-5-7-13/h3-11H,1-2H3,(H,19,21)/t11-/m1/s1. The van der Waals surface area contributed by atoms with E-state index in [-0.39, 0.29) is 0 Å². The Morgan fingerprint density at radius 1 is 1.21 bits per heavy atom. The Bertz CT molecular complexity index is 844. The molecule has 1 amide bonds. The molecule has 0 saturated carbocycles. The number of anilines is 2. The van der Waals surface area contributed by atoms with Gasteiger partial charge in [0.05, 0.1) is 17.0 Å². The summed E-state index contributed by atoms with van der Waals surface area (Å²) in [6.45, 7) is 1.53. The van der Waals surface area contributed by atoms with Crippen molar-refractivity contribution in [3.8, 4) is 0 Å². The van der Waals surface area contributed by atoms with Crippen molar-refractivity contribution in [2.45, 2.75) is 13.0 Å². The molecule has 0 saturated heterocycles. The molecule has 0 aliphatic heterocycles. The van der Waals surface area contributed by atoms with E-state index in [0.717, 1.165) is 10.6 Å². The van der Waals surface area contributed by atoms with Crippen LogP contribution in [0.2, 0.25) is 5.02 Å². The van der Waals surface area contributed by atoms with E-state index in [0.29, 0.717) is 20.9 Å². The third-order valence-corrected chi connectivity index (χ3v) is 5.76. The molecule has 0 bridgehead atoms. The lowest BCUT2D eigenvalue weighted by atomic mass is 10.2. The van der Waals surface area contributed by atoms with Crippen molar-refractivity contribution < 1.29 is 13.2 Å². The summed E-state index contributed by atoms with van der Waals surface area (Å²) in [6, 6.07) is 12.5. The third kappa shape index (κ3) is 4.49. The molecule has 8 heteroatoms. The Hall–Kier alpha value is -1.57. The van der Waals surface area contributed by atoms with E-state index in [4.69, 9.17) is 11.6 Å². The highest BCUT2D eigenvalue weighted by molar-refractivity contribution is 9.10. The van der Waals surface area contributed by atoms with Gasteiger partial charge in [-0.15, -0.1) is 0 Å². The average molecular weight is 432 g/mol. The first kappa shape index (κ1) is 18.8. The van der Waals surface area contributed by atoms with Gasteiger partial charge in [0.2, 0.25) is 15.9 Å². The first-order valence-electron chi connectivity index (χ1n) is 7.00. The molecule has 1 atom stereocenters. The zero-order chi connectivity index (χ0) is 17.9. The number of hydrogen-bond donors (Lipinski definition) is 1. The number of benzene rings is 2. The summed E-state index contributed by atoms with van der Waals surface area (Å²) in [6.07, 6.45) is 1.07. The van der Waals surface area contributed by atoms with Gasteiger partial charge in [0.15, 0.2) is 0 Å². The normalized spacial score (nSPS) is 12.5. The number of carbonyl (C=O) groups is 1. The first-order chi connectivity index (χ1) is 11.2. The summed E-state index contributed by atoms with van der Waals surface area (Å²) in [5.41, 5.74) is 0.915. The van der Waals surface area contributed by atoms with E-state index in [1.807, 2.05) is 0 Å². The highest BCUT2D eigenvalue weighted by Crippen LogP contribution is 2.26. The summed E-state index contributed by atoms with van der Waals surface area (Å²) in [4.78, 5) is 12.5. The smallest absolute Gasteiger partial charge is 0.247 e. The molecule has 0 aliphatic carbocycles. The monoisotopic (exact) mass is 430 g/mol. The van der Waals surface area contributed by atoms with Crippen LogP contribution < -0.4 is 9.62 Å². The number of hydrogen-bond acceptors (Lipinski definition) is 3. The van der Waals surface area contributed by atoms with Crippen LogP contribution in [0.4, 0.5) is 11.4 Å². The molecule has 0 fully saturated rings. The molecule has 24 heavy (non-hydrogen) atoms. The van der Waals surface area contributed by atoms with Gasteiger partial charge >= 0.3 is 0 Å². The molecule has 128 valence electrons. The average Bonchev–Trinajstić information content (AvgIpc) is 2.50. The summed E-state index contributed by atoms with van der Waals surface area (Å²) >= 11 is 9.28. The lowest BCUT2D eigenvalue weighted by Gasteiger charge is -2.28. The number of amides is 1. The minimum atomic E-state index is -3.63. The molecular weight excluding hydrogens is 416 g/mol. The van der Waals surface area contributed by atoms with Crippen LogP contribution in [0, 0.1) is 0 Å². The first-order valence-corrected chi connectivity index (χ1v) is 10.0. The molecule has 2 aromatic carbocycles. The summed E-state index contributed by atoms with van der Waals surface area (Å²) < 4.78 is 26.1. The predicted molar refractivity (Wildman–Crippen MR) is 101 cm³/mol. The highest BCUT2D eigenvalue weighted by Gasteiger charge is 2.29. The summed E-state index contributed by atoms with van der Waals surface area (Å²) in [5, 5.41) is 3.13. The molecule has 5 nitrogen and oxygen atoms in total. The van der Waals surface area contributed by atoms with Crippen molar-refractivity contribution >= 4 is 54.8 Å². The van der Waals surface area contributed by atoms with Gasteiger partial charge in [-0.3, -0.25) is 9.10 Å². The number of para-hydroxylation sites is 1. The van der Waals surface area contributed by atoms with Gasteiger partial charge < -0.3 is 5.32 Å². The quantitative estimate of drug-likeness (QED) is 0.781. The molecule has 0 aromatic heterocycles. The lowest BCUT2D eigenvalue weighted by molar-refractivity contribution is -0.116. The van der Waals surface area contributed by atoms with Crippen LogP contribution in [0.1, 0.15) is 6.92 Å². The van der Waals surface area contributed by atoms with E-state index in [2.05, 4.69) is 21.2 Å². The van der Waals surface area contributed by atoms with Gasteiger partial charge in [0.1, 0.15) is 6.04 Å². The van der Waals surface area contributed by atoms with Crippen LogP contribution in [-0.4, -0.2) is 26.6 Å². The van der Waals surface area contributed by atoms with Crippen LogP contribution in [-0.2, 0) is 14.8 Å². The van der Waals surface area contributed by atoms with E-state index in [1.54, 1.807) is 48.5 Å². The fourth-order valence-corrected chi connectivity index (χ4v) is 3.81. The topological polar surface area (TPSA) is 66.5 Å². The maximum atomic E-state index is 12.5. The van der Waals surface area contributed by atoms with E-state index in [1.165, 1.54) is 6.92 Å². The van der Waals surface area contributed by atoms with Crippen LogP contribution in [0.5, 0.6) is 0 Å². The van der Waals surface area contributed by atoms with Gasteiger partial charge in [0, 0.05) is 10.2 Å². The van der Waals surface area contributed by atoms with Crippen molar-refractivity contribution in [3.05, 3.63) is 58.0 Å². The maximum Gasteiger partial charge on any atom is 0.247 e. The SMILES string of the molecule is C[C@H](C(=O)Nc1ccc(Br)c(Cl)c1)N(c1ccccc1)S(C)(=O)=O. The van der Waals surface area contributed by atoms with Gasteiger partial charge in [0.25, 0.3) is 0 Å². The van der Waals surface area contributed by atoms with Crippen molar-refractivity contribution in [1.29, 1.82) is 0 Å². The van der Waals surface area contributed by atoms with Crippen LogP contribution in [0.25, 0.3) is 0 Å². The van der Waals surface area contributed by atoms with Gasteiger partial charge in [-0.25, -0.2) is 8.42 Å². The molecular formula is C16H16BrClN2O3S. The Kier molecular flexibility index (Phi) is 5.90. The fourth-order valence-electron chi connectivity index (χ4n) is 2.20. The summed E-state index contributed by atoms with van der Waals surface area (Å²) in [5.74, 6) is -0.456. The molecule has 0 heterocycles. The van der Waals surface area contributed by atoms with E-state index < -0.39 is 22.0 Å². The van der Waals surface area contributed by atoms with Crippen molar-refractivity contribution in [1.82, 2.24) is 0 Å². The number of nitrogens with one attached hydrogen (secondary N) is 1. The Morgan fingerprint density at radius 2 is 1.83 bits per heavy atom. The molecule has 2 aromatic rings. The van der Waals surface area contributed by atoms with Crippen LogP contribution in [0.3, 0.4) is 0 Å². The van der Waals surface area contributed by atoms with Gasteiger partial charge in [-0.2, -0.15) is 0 Å². The second-order valence-corrected chi connectivity index (χ2v) is 8.31. The molecule has 2 rings (SSSR count). The fraction of sp³-hybridized carbons (Fsp3) is 0.188.